The SMILES string of the molecule is CCc1cccc(C)c1N(CC(=O)NCc1ccccc1C)S(C)(=O)=O. The second-order valence-corrected chi connectivity index (χ2v) is 8.32. The Morgan fingerprint density at radius 1 is 1.00 bits per heavy atom. The first kappa shape index (κ1) is 20.0. The number of hydrogen-bond acceptors (Lipinski definition) is 3. The van der Waals surface area contributed by atoms with Crippen LogP contribution in [0.15, 0.2) is 42.5 Å². The van der Waals surface area contributed by atoms with Crippen molar-refractivity contribution < 1.29 is 13.2 Å². The molecule has 0 radical (unpaired) electrons. The Morgan fingerprint density at radius 3 is 2.23 bits per heavy atom. The first-order valence-corrected chi connectivity index (χ1v) is 10.5. The number of anilines is 1. The molecule has 5 nitrogen and oxygen atoms in total. The first-order chi connectivity index (χ1) is 12.2. The lowest BCUT2D eigenvalue weighted by Crippen LogP contribution is -2.41. The molecule has 2 rings (SSSR count). The smallest absolute Gasteiger partial charge is 0.241 e. The number of nitrogens with one attached hydrogen (secondary N) is 1. The van der Waals surface area contributed by atoms with Gasteiger partial charge in [-0.3, -0.25) is 9.10 Å². The molecule has 0 saturated heterocycles. The van der Waals surface area contributed by atoms with Crippen molar-refractivity contribution in [1.82, 2.24) is 5.32 Å². The Kier molecular flexibility index (Phi) is 6.42. The molecule has 0 saturated carbocycles. The Hall–Kier alpha value is -2.34. The summed E-state index contributed by atoms with van der Waals surface area (Å²) in [5.41, 5.74) is 4.43. The average Bonchev–Trinajstić information content (AvgIpc) is 2.58. The Morgan fingerprint density at radius 2 is 1.62 bits per heavy atom. The molecule has 0 fully saturated rings. The minimum Gasteiger partial charge on any atom is -0.350 e. The van der Waals surface area contributed by atoms with Crippen LogP contribution in [-0.2, 0) is 27.8 Å². The number of benzene rings is 2. The van der Waals surface area contributed by atoms with E-state index < -0.39 is 10.0 Å². The number of rotatable bonds is 7. The third kappa shape index (κ3) is 4.85. The van der Waals surface area contributed by atoms with Crippen LogP contribution in [-0.4, -0.2) is 27.1 Å². The zero-order chi connectivity index (χ0) is 19.3. The van der Waals surface area contributed by atoms with Crippen molar-refractivity contribution in [2.45, 2.75) is 33.7 Å². The molecule has 0 aliphatic carbocycles. The normalized spacial score (nSPS) is 11.2. The maximum atomic E-state index is 12.5. The van der Waals surface area contributed by atoms with Gasteiger partial charge in [0.2, 0.25) is 15.9 Å². The fourth-order valence-corrected chi connectivity index (χ4v) is 3.86. The fourth-order valence-electron chi connectivity index (χ4n) is 2.91. The van der Waals surface area contributed by atoms with Crippen molar-refractivity contribution in [3.05, 3.63) is 64.7 Å². The van der Waals surface area contributed by atoms with Crippen LogP contribution in [0.25, 0.3) is 0 Å². The minimum atomic E-state index is -3.59. The molecule has 0 atom stereocenters. The number of para-hydroxylation sites is 1. The van der Waals surface area contributed by atoms with Gasteiger partial charge < -0.3 is 5.32 Å². The molecule has 0 unspecified atom stereocenters. The largest absolute Gasteiger partial charge is 0.350 e. The van der Waals surface area contributed by atoms with Crippen molar-refractivity contribution in [3.8, 4) is 0 Å². The van der Waals surface area contributed by atoms with Crippen LogP contribution >= 0.6 is 0 Å². The van der Waals surface area contributed by atoms with Crippen LogP contribution < -0.4 is 9.62 Å². The molecule has 2 aromatic rings. The maximum Gasteiger partial charge on any atom is 0.241 e. The second-order valence-electron chi connectivity index (χ2n) is 6.41. The molecule has 140 valence electrons. The lowest BCUT2D eigenvalue weighted by atomic mass is 10.1. The number of hydrogen-bond donors (Lipinski definition) is 1. The monoisotopic (exact) mass is 374 g/mol. The number of carbonyl (C=O) groups is 1. The molecule has 1 amide bonds. The average molecular weight is 375 g/mol. The number of sulfonamides is 1. The summed E-state index contributed by atoms with van der Waals surface area (Å²) in [4.78, 5) is 12.5. The minimum absolute atomic E-state index is 0.234. The summed E-state index contributed by atoms with van der Waals surface area (Å²) in [6, 6.07) is 13.4. The van der Waals surface area contributed by atoms with Crippen LogP contribution in [0.2, 0.25) is 0 Å². The van der Waals surface area contributed by atoms with Gasteiger partial charge in [0, 0.05) is 6.54 Å². The van der Waals surface area contributed by atoms with E-state index in [1.807, 2.05) is 63.2 Å². The van der Waals surface area contributed by atoms with Gasteiger partial charge >= 0.3 is 0 Å². The van der Waals surface area contributed by atoms with Gasteiger partial charge in [-0.25, -0.2) is 8.42 Å². The van der Waals surface area contributed by atoms with E-state index in [1.54, 1.807) is 0 Å². The molecule has 1 N–H and O–H groups in total. The summed E-state index contributed by atoms with van der Waals surface area (Å²) in [6.07, 6.45) is 1.82. The summed E-state index contributed by atoms with van der Waals surface area (Å²) in [6.45, 7) is 5.94. The standard InChI is InChI=1S/C20H26N2O3S/c1-5-17-12-8-10-16(3)20(17)22(26(4,24)25)14-19(23)21-13-18-11-7-6-9-15(18)2/h6-12H,5,13-14H2,1-4H3,(H,21,23). The Bertz CT molecular complexity index is 892. The van der Waals surface area contributed by atoms with Crippen molar-refractivity contribution in [1.29, 1.82) is 0 Å². The predicted molar refractivity (Wildman–Crippen MR) is 106 cm³/mol. The molecule has 6 heteroatoms. The van der Waals surface area contributed by atoms with E-state index in [0.29, 0.717) is 18.7 Å². The fraction of sp³-hybridized carbons (Fsp3) is 0.350. The zero-order valence-electron chi connectivity index (χ0n) is 15.7. The lowest BCUT2D eigenvalue weighted by molar-refractivity contribution is -0.119. The highest BCUT2D eigenvalue weighted by Crippen LogP contribution is 2.27. The van der Waals surface area contributed by atoms with E-state index in [9.17, 15) is 13.2 Å². The number of nitrogens with zero attached hydrogens (tertiary/aromatic N) is 1. The quantitative estimate of drug-likeness (QED) is 0.810. The number of amides is 1. The van der Waals surface area contributed by atoms with Gasteiger partial charge in [-0.2, -0.15) is 0 Å². The van der Waals surface area contributed by atoms with Crippen LogP contribution in [0, 0.1) is 13.8 Å². The third-order valence-corrected chi connectivity index (χ3v) is 5.49. The second kappa shape index (κ2) is 8.36. The Labute approximate surface area is 156 Å². The third-order valence-electron chi connectivity index (χ3n) is 4.38. The molecular formula is C20H26N2O3S. The Balaban J connectivity index is 2.22. The van der Waals surface area contributed by atoms with E-state index in [1.165, 1.54) is 4.31 Å². The molecule has 0 aromatic heterocycles. The van der Waals surface area contributed by atoms with Gasteiger partial charge in [-0.05, 0) is 42.5 Å². The molecule has 26 heavy (non-hydrogen) atoms. The molecule has 0 aliphatic rings. The van der Waals surface area contributed by atoms with Gasteiger partial charge in [0.25, 0.3) is 0 Å². The molecule has 0 heterocycles. The maximum absolute atomic E-state index is 12.5. The predicted octanol–water partition coefficient (Wildman–Crippen LogP) is 2.95. The number of carbonyl (C=O) groups excluding carboxylic acids is 1. The summed E-state index contributed by atoms with van der Waals surface area (Å²) < 4.78 is 25.9. The van der Waals surface area contributed by atoms with Gasteiger partial charge in [-0.15, -0.1) is 0 Å². The van der Waals surface area contributed by atoms with Gasteiger partial charge in [0.15, 0.2) is 0 Å². The summed E-state index contributed by atoms with van der Waals surface area (Å²) >= 11 is 0. The molecule has 0 aliphatic heterocycles. The first-order valence-electron chi connectivity index (χ1n) is 8.61. The van der Waals surface area contributed by atoms with Crippen LogP contribution in [0.3, 0.4) is 0 Å². The van der Waals surface area contributed by atoms with Gasteiger partial charge in [0.05, 0.1) is 11.9 Å². The highest BCUT2D eigenvalue weighted by Gasteiger charge is 2.24. The van der Waals surface area contributed by atoms with E-state index in [-0.39, 0.29) is 12.5 Å². The van der Waals surface area contributed by atoms with E-state index >= 15 is 0 Å². The van der Waals surface area contributed by atoms with Crippen molar-refractivity contribution in [2.75, 3.05) is 17.1 Å². The summed E-state index contributed by atoms with van der Waals surface area (Å²) in [5.74, 6) is -0.330. The molecule has 2 aromatic carbocycles. The lowest BCUT2D eigenvalue weighted by Gasteiger charge is -2.26. The van der Waals surface area contributed by atoms with Crippen LogP contribution in [0.5, 0.6) is 0 Å². The van der Waals surface area contributed by atoms with Crippen LogP contribution in [0.4, 0.5) is 5.69 Å². The highest BCUT2D eigenvalue weighted by atomic mass is 32.2. The van der Waals surface area contributed by atoms with E-state index in [0.717, 1.165) is 28.5 Å². The van der Waals surface area contributed by atoms with Crippen molar-refractivity contribution >= 4 is 21.6 Å². The van der Waals surface area contributed by atoms with Gasteiger partial charge in [0.1, 0.15) is 6.54 Å². The highest BCUT2D eigenvalue weighted by molar-refractivity contribution is 7.92. The molecular weight excluding hydrogens is 348 g/mol. The van der Waals surface area contributed by atoms with E-state index in [4.69, 9.17) is 0 Å². The topological polar surface area (TPSA) is 66.5 Å². The van der Waals surface area contributed by atoms with E-state index in [2.05, 4.69) is 5.32 Å². The zero-order valence-corrected chi connectivity index (χ0v) is 16.6. The van der Waals surface area contributed by atoms with Crippen molar-refractivity contribution in [3.63, 3.8) is 0 Å². The van der Waals surface area contributed by atoms with Crippen LogP contribution in [0.1, 0.15) is 29.2 Å². The van der Waals surface area contributed by atoms with Gasteiger partial charge in [-0.1, -0.05) is 49.4 Å². The molecule has 0 bridgehead atoms. The van der Waals surface area contributed by atoms with Crippen molar-refractivity contribution in [2.24, 2.45) is 0 Å². The molecule has 0 spiro atoms. The number of aryl methyl sites for hydroxylation is 3. The summed E-state index contributed by atoms with van der Waals surface area (Å²) in [7, 11) is -3.59. The summed E-state index contributed by atoms with van der Waals surface area (Å²) in [5, 5.41) is 2.82.